The van der Waals surface area contributed by atoms with Crippen molar-refractivity contribution in [2.75, 3.05) is 0 Å². The molecule has 1 aliphatic rings. The van der Waals surface area contributed by atoms with Gasteiger partial charge in [0.25, 0.3) is 5.91 Å². The van der Waals surface area contributed by atoms with Crippen molar-refractivity contribution in [2.45, 2.75) is 13.0 Å². The van der Waals surface area contributed by atoms with E-state index in [1.54, 1.807) is 31.2 Å². The fourth-order valence-corrected chi connectivity index (χ4v) is 1.62. The van der Waals surface area contributed by atoms with E-state index in [-0.39, 0.29) is 0 Å². The fourth-order valence-electron chi connectivity index (χ4n) is 1.49. The molecule has 1 aromatic carbocycles. The Morgan fingerprint density at radius 3 is 2.63 bits per heavy atom. The number of benzene rings is 1. The van der Waals surface area contributed by atoms with Gasteiger partial charge in [0.05, 0.1) is 11.4 Å². The highest BCUT2D eigenvalue weighted by molar-refractivity contribution is 6.30. The summed E-state index contributed by atoms with van der Waals surface area (Å²) in [7, 11) is 0. The van der Waals surface area contributed by atoms with Crippen LogP contribution in [0, 0.1) is 5.41 Å². The molecular formula is C11H11ClN6O. The van der Waals surface area contributed by atoms with Gasteiger partial charge >= 0.3 is 0 Å². The van der Waals surface area contributed by atoms with Gasteiger partial charge in [0.15, 0.2) is 6.04 Å². The Morgan fingerprint density at radius 1 is 1.47 bits per heavy atom. The van der Waals surface area contributed by atoms with Gasteiger partial charge in [-0.15, -0.1) is 0 Å². The molecule has 8 heteroatoms. The number of hydrazone groups is 1. The molecule has 19 heavy (non-hydrogen) atoms. The highest BCUT2D eigenvalue weighted by Crippen LogP contribution is 2.19. The van der Waals surface area contributed by atoms with Gasteiger partial charge < -0.3 is 5.73 Å². The maximum atomic E-state index is 11.8. The van der Waals surface area contributed by atoms with Gasteiger partial charge in [-0.3, -0.25) is 10.2 Å². The Bertz CT molecular complexity index is 579. The zero-order valence-corrected chi connectivity index (χ0v) is 10.8. The van der Waals surface area contributed by atoms with Crippen LogP contribution in [0.1, 0.15) is 6.92 Å². The molecule has 98 valence electrons. The average Bonchev–Trinajstić information content (AvgIpc) is 2.65. The van der Waals surface area contributed by atoms with Crippen LogP contribution in [0.5, 0.6) is 0 Å². The molecule has 1 aromatic rings. The van der Waals surface area contributed by atoms with Crippen molar-refractivity contribution in [1.29, 1.82) is 5.41 Å². The summed E-state index contributed by atoms with van der Waals surface area (Å²) in [5.74, 6) is -0.920. The average molecular weight is 279 g/mol. The second kappa shape index (κ2) is 5.15. The number of nitrogens with one attached hydrogen (secondary N) is 1. The van der Waals surface area contributed by atoms with Gasteiger partial charge in [-0.1, -0.05) is 11.6 Å². The number of halogens is 1. The topological polar surface area (TPSA) is 107 Å². The summed E-state index contributed by atoms with van der Waals surface area (Å²) in [6.07, 6.45) is 0. The molecular weight excluding hydrogens is 268 g/mol. The SMILES string of the molecule is CC1=NN(C(=N)N)C(=O)C1N=Nc1ccc(Cl)cc1. The van der Waals surface area contributed by atoms with Crippen LogP contribution in [0.2, 0.25) is 5.02 Å². The molecule has 0 saturated heterocycles. The third-order valence-electron chi connectivity index (χ3n) is 2.44. The van der Waals surface area contributed by atoms with Crippen molar-refractivity contribution in [3.05, 3.63) is 29.3 Å². The lowest BCUT2D eigenvalue weighted by molar-refractivity contribution is -0.126. The molecule has 1 heterocycles. The van der Waals surface area contributed by atoms with E-state index in [1.165, 1.54) is 0 Å². The third-order valence-corrected chi connectivity index (χ3v) is 2.69. The van der Waals surface area contributed by atoms with Crippen LogP contribution in [0.3, 0.4) is 0 Å². The Labute approximate surface area is 114 Å². The lowest BCUT2D eigenvalue weighted by atomic mass is 10.2. The number of carbonyl (C=O) groups is 1. The highest BCUT2D eigenvalue weighted by Gasteiger charge is 2.35. The molecule has 0 radical (unpaired) electrons. The predicted molar refractivity (Wildman–Crippen MR) is 71.6 cm³/mol. The lowest BCUT2D eigenvalue weighted by Gasteiger charge is -2.08. The minimum Gasteiger partial charge on any atom is -0.368 e. The van der Waals surface area contributed by atoms with Gasteiger partial charge in [0, 0.05) is 5.02 Å². The molecule has 1 unspecified atom stereocenters. The molecule has 0 aromatic heterocycles. The maximum absolute atomic E-state index is 11.8. The smallest absolute Gasteiger partial charge is 0.282 e. The Balaban J connectivity index is 2.16. The Kier molecular flexibility index (Phi) is 3.57. The normalized spacial score (nSPS) is 19.1. The molecule has 1 atom stereocenters. The van der Waals surface area contributed by atoms with Crippen molar-refractivity contribution in [2.24, 2.45) is 21.1 Å². The van der Waals surface area contributed by atoms with Crippen LogP contribution in [-0.2, 0) is 4.79 Å². The van der Waals surface area contributed by atoms with Crippen LogP contribution in [-0.4, -0.2) is 28.6 Å². The largest absolute Gasteiger partial charge is 0.368 e. The number of guanidine groups is 1. The van der Waals surface area contributed by atoms with Crippen LogP contribution < -0.4 is 5.73 Å². The van der Waals surface area contributed by atoms with E-state index in [0.717, 1.165) is 5.01 Å². The monoisotopic (exact) mass is 278 g/mol. The number of amides is 1. The summed E-state index contributed by atoms with van der Waals surface area (Å²) in [5.41, 5.74) is 6.25. The number of nitrogens with two attached hydrogens (primary N) is 1. The number of rotatable bonds is 2. The highest BCUT2D eigenvalue weighted by atomic mass is 35.5. The molecule has 0 aliphatic carbocycles. The molecule has 0 saturated carbocycles. The molecule has 0 bridgehead atoms. The van der Waals surface area contributed by atoms with Crippen molar-refractivity contribution in [3.8, 4) is 0 Å². The molecule has 0 fully saturated rings. The second-order valence-electron chi connectivity index (χ2n) is 3.87. The Hall–Kier alpha value is -2.28. The first kappa shape index (κ1) is 13.2. The maximum Gasteiger partial charge on any atom is 0.282 e. The summed E-state index contributed by atoms with van der Waals surface area (Å²) in [6.45, 7) is 1.63. The van der Waals surface area contributed by atoms with E-state index >= 15 is 0 Å². The standard InChI is InChI=1S/C11H11ClN6O/c1-6-9(10(19)18(17-6)11(13)14)16-15-8-4-2-7(12)3-5-8/h2-5,9H,1H3,(H3,13,14). The van der Waals surface area contributed by atoms with Crippen LogP contribution in [0.25, 0.3) is 0 Å². The van der Waals surface area contributed by atoms with E-state index in [9.17, 15) is 4.79 Å². The van der Waals surface area contributed by atoms with Gasteiger partial charge in [0.2, 0.25) is 5.96 Å². The first-order chi connectivity index (χ1) is 8.99. The van der Waals surface area contributed by atoms with Crippen LogP contribution in [0.15, 0.2) is 39.6 Å². The van der Waals surface area contributed by atoms with Crippen LogP contribution in [0.4, 0.5) is 5.69 Å². The molecule has 2 rings (SSSR count). The van der Waals surface area contributed by atoms with Gasteiger partial charge in [-0.2, -0.15) is 20.3 Å². The summed E-state index contributed by atoms with van der Waals surface area (Å²) < 4.78 is 0. The molecule has 1 amide bonds. The van der Waals surface area contributed by atoms with Crippen molar-refractivity contribution >= 4 is 34.9 Å². The first-order valence-corrected chi connectivity index (χ1v) is 5.76. The molecule has 0 spiro atoms. The number of hydrogen-bond donors (Lipinski definition) is 2. The Morgan fingerprint density at radius 2 is 2.11 bits per heavy atom. The minimum absolute atomic E-state index is 0.437. The van der Waals surface area contributed by atoms with Crippen molar-refractivity contribution in [3.63, 3.8) is 0 Å². The zero-order valence-electron chi connectivity index (χ0n) is 10.0. The van der Waals surface area contributed by atoms with Gasteiger partial charge in [0.1, 0.15) is 0 Å². The van der Waals surface area contributed by atoms with E-state index in [1.807, 2.05) is 0 Å². The number of hydrogen-bond acceptors (Lipinski definition) is 5. The summed E-state index contributed by atoms with van der Waals surface area (Å²) in [5, 5.41) is 20.3. The third kappa shape index (κ3) is 2.76. The minimum atomic E-state index is -0.834. The summed E-state index contributed by atoms with van der Waals surface area (Å²) >= 11 is 5.75. The molecule has 1 aliphatic heterocycles. The molecule has 3 N–H and O–H groups in total. The van der Waals surface area contributed by atoms with E-state index in [2.05, 4.69) is 15.3 Å². The molecule has 7 nitrogen and oxygen atoms in total. The lowest BCUT2D eigenvalue weighted by Crippen LogP contribution is -2.38. The predicted octanol–water partition coefficient (Wildman–Crippen LogP) is 1.90. The van der Waals surface area contributed by atoms with Gasteiger partial charge in [-0.25, -0.2) is 0 Å². The fraction of sp³-hybridized carbons (Fsp3) is 0.182. The number of carbonyl (C=O) groups excluding carboxylic acids is 1. The summed E-state index contributed by atoms with van der Waals surface area (Å²) in [4.78, 5) is 11.8. The van der Waals surface area contributed by atoms with E-state index < -0.39 is 17.9 Å². The zero-order chi connectivity index (χ0) is 14.0. The summed E-state index contributed by atoms with van der Waals surface area (Å²) in [6, 6.07) is 5.88. The van der Waals surface area contributed by atoms with Crippen LogP contribution >= 0.6 is 11.6 Å². The quantitative estimate of drug-likeness (QED) is 0.489. The van der Waals surface area contributed by atoms with Crippen molar-refractivity contribution in [1.82, 2.24) is 5.01 Å². The first-order valence-electron chi connectivity index (χ1n) is 5.38. The van der Waals surface area contributed by atoms with Gasteiger partial charge in [-0.05, 0) is 31.2 Å². The van der Waals surface area contributed by atoms with Crippen molar-refractivity contribution < 1.29 is 4.79 Å². The number of nitrogens with zero attached hydrogens (tertiary/aromatic N) is 4. The van der Waals surface area contributed by atoms with E-state index in [4.69, 9.17) is 22.7 Å². The van der Waals surface area contributed by atoms with E-state index in [0.29, 0.717) is 16.4 Å². The second-order valence-corrected chi connectivity index (χ2v) is 4.31. The number of azo groups is 1.